The highest BCUT2D eigenvalue weighted by molar-refractivity contribution is 5.95. The van der Waals surface area contributed by atoms with E-state index in [1.807, 2.05) is 6.07 Å². The molecule has 4 heteroatoms. The molecule has 2 atom stereocenters. The third-order valence-corrected chi connectivity index (χ3v) is 5.07. The Kier molecular flexibility index (Phi) is 2.67. The number of carbonyl (C=O) groups is 1. The molecule has 104 valence electrons. The van der Waals surface area contributed by atoms with Gasteiger partial charge in [-0.1, -0.05) is 30.3 Å². The third kappa shape index (κ3) is 1.64. The quantitative estimate of drug-likeness (QED) is 0.798. The highest BCUT2D eigenvalue weighted by Gasteiger charge is 2.53. The van der Waals surface area contributed by atoms with Gasteiger partial charge in [0.05, 0.1) is 13.1 Å². The minimum Gasteiger partial charge on any atom is -0.326 e. The largest absolute Gasteiger partial charge is 0.326 e. The number of hydrogen-bond donors (Lipinski definition) is 1. The molecule has 5 rings (SSSR count). The maximum Gasteiger partial charge on any atom is 0.240 e. The molecule has 0 aliphatic carbocycles. The minimum absolute atomic E-state index is 0.0563. The zero-order valence-corrected chi connectivity index (χ0v) is 11.7. The minimum atomic E-state index is 0.0563. The van der Waals surface area contributed by atoms with Crippen molar-refractivity contribution in [1.82, 2.24) is 5.01 Å². The first-order chi connectivity index (χ1) is 9.75. The van der Waals surface area contributed by atoms with E-state index in [-0.39, 0.29) is 11.9 Å². The summed E-state index contributed by atoms with van der Waals surface area (Å²) in [6.07, 6.45) is 2.47. The number of amides is 1. The first-order valence-corrected chi connectivity index (χ1v) is 7.53. The summed E-state index contributed by atoms with van der Waals surface area (Å²) in [4.78, 5) is 13.6. The van der Waals surface area contributed by atoms with Crippen molar-refractivity contribution >= 4 is 11.6 Å². The number of fused-ring (bicyclic) bond motifs is 2. The Balaban J connectivity index is 1.79. The molecule has 1 N–H and O–H groups in total. The summed E-state index contributed by atoms with van der Waals surface area (Å²) in [6, 6.07) is 10.9. The van der Waals surface area contributed by atoms with Crippen molar-refractivity contribution < 1.29 is 9.69 Å². The number of hydrogen-bond acceptors (Lipinski definition) is 2. The van der Waals surface area contributed by atoms with Gasteiger partial charge in [-0.3, -0.25) is 4.79 Å². The molecule has 0 saturated carbocycles. The Morgan fingerprint density at radius 1 is 1.25 bits per heavy atom. The van der Waals surface area contributed by atoms with Gasteiger partial charge in [0.15, 0.2) is 6.04 Å². The van der Waals surface area contributed by atoms with Crippen LogP contribution in [0.2, 0.25) is 0 Å². The highest BCUT2D eigenvalue weighted by atomic mass is 16.2. The van der Waals surface area contributed by atoms with Crippen LogP contribution in [-0.4, -0.2) is 35.8 Å². The van der Waals surface area contributed by atoms with E-state index in [4.69, 9.17) is 5.10 Å². The fraction of sp³-hybridized carbons (Fsp3) is 0.500. The molecule has 2 bridgehead atoms. The van der Waals surface area contributed by atoms with Gasteiger partial charge in [0.1, 0.15) is 11.8 Å². The lowest BCUT2D eigenvalue weighted by atomic mass is 9.78. The normalized spacial score (nSPS) is 34.9. The molecule has 3 saturated heterocycles. The molecule has 20 heavy (non-hydrogen) atoms. The molecule has 4 nitrogen and oxygen atoms in total. The van der Waals surface area contributed by atoms with Gasteiger partial charge in [0.2, 0.25) is 5.91 Å². The van der Waals surface area contributed by atoms with Crippen LogP contribution in [-0.2, 0) is 4.79 Å². The van der Waals surface area contributed by atoms with Gasteiger partial charge in [0.25, 0.3) is 0 Å². The SMILES string of the molecule is CC(=O)N1N=C2C3CC[NH+](CC3)[C@H]2[C@H]1c1ccccc1. The van der Waals surface area contributed by atoms with Gasteiger partial charge >= 0.3 is 0 Å². The smallest absolute Gasteiger partial charge is 0.240 e. The van der Waals surface area contributed by atoms with Crippen LogP contribution in [0.1, 0.15) is 31.4 Å². The molecular weight excluding hydrogens is 250 g/mol. The number of quaternary nitrogens is 1. The Labute approximate surface area is 119 Å². The lowest BCUT2D eigenvalue weighted by Crippen LogP contribution is -3.20. The van der Waals surface area contributed by atoms with E-state index in [0.29, 0.717) is 12.0 Å². The second kappa shape index (κ2) is 4.42. The Hall–Kier alpha value is -1.68. The van der Waals surface area contributed by atoms with Crippen LogP contribution in [0.5, 0.6) is 0 Å². The summed E-state index contributed by atoms with van der Waals surface area (Å²) in [5.74, 6) is 0.661. The summed E-state index contributed by atoms with van der Waals surface area (Å²) in [6.45, 7) is 4.08. The molecule has 0 unspecified atom stereocenters. The van der Waals surface area contributed by atoms with Crippen LogP contribution in [0.25, 0.3) is 0 Å². The zero-order chi connectivity index (χ0) is 13.7. The van der Waals surface area contributed by atoms with Gasteiger partial charge in [-0.2, -0.15) is 5.10 Å². The summed E-state index contributed by atoms with van der Waals surface area (Å²) >= 11 is 0. The van der Waals surface area contributed by atoms with E-state index in [1.54, 1.807) is 16.8 Å². The molecule has 0 radical (unpaired) electrons. The molecule has 3 fully saturated rings. The van der Waals surface area contributed by atoms with Crippen LogP contribution >= 0.6 is 0 Å². The van der Waals surface area contributed by atoms with Crippen molar-refractivity contribution in [1.29, 1.82) is 0 Å². The number of benzene rings is 1. The number of nitrogens with one attached hydrogen (secondary N) is 1. The number of hydrazone groups is 1. The van der Waals surface area contributed by atoms with Gasteiger partial charge < -0.3 is 4.90 Å². The molecule has 4 aliphatic rings. The maximum atomic E-state index is 12.0. The van der Waals surface area contributed by atoms with Gasteiger partial charge in [-0.25, -0.2) is 5.01 Å². The Morgan fingerprint density at radius 2 is 1.95 bits per heavy atom. The molecule has 1 amide bonds. The summed E-state index contributed by atoms with van der Waals surface area (Å²) in [5, 5.41) is 6.46. The monoisotopic (exact) mass is 270 g/mol. The van der Waals surface area contributed by atoms with Crippen LogP contribution in [0, 0.1) is 5.92 Å². The average molecular weight is 270 g/mol. The summed E-state index contributed by atoms with van der Waals surface area (Å²) < 4.78 is 0. The third-order valence-electron chi connectivity index (χ3n) is 5.07. The lowest BCUT2D eigenvalue weighted by Gasteiger charge is -2.42. The number of nitrogens with zero attached hydrogens (tertiary/aromatic N) is 2. The van der Waals surface area contributed by atoms with Gasteiger partial charge in [0, 0.05) is 25.7 Å². The Bertz CT molecular complexity index is 560. The second-order valence-electron chi connectivity index (χ2n) is 6.15. The van der Waals surface area contributed by atoms with E-state index < -0.39 is 0 Å². The highest BCUT2D eigenvalue weighted by Crippen LogP contribution is 2.36. The number of rotatable bonds is 1. The predicted molar refractivity (Wildman–Crippen MR) is 76.3 cm³/mol. The topological polar surface area (TPSA) is 37.1 Å². The maximum absolute atomic E-state index is 12.0. The first kappa shape index (κ1) is 12.1. The number of piperidine rings is 3. The van der Waals surface area contributed by atoms with E-state index in [9.17, 15) is 4.79 Å². The van der Waals surface area contributed by atoms with Crippen LogP contribution < -0.4 is 4.90 Å². The van der Waals surface area contributed by atoms with E-state index >= 15 is 0 Å². The van der Waals surface area contributed by atoms with Crippen molar-refractivity contribution in [3.63, 3.8) is 0 Å². The molecule has 0 aromatic heterocycles. The van der Waals surface area contributed by atoms with E-state index in [2.05, 4.69) is 24.3 Å². The fourth-order valence-corrected chi connectivity index (χ4v) is 4.17. The molecule has 1 aromatic carbocycles. The standard InChI is InChI=1S/C16H19N3O/c1-11(20)19-15(13-5-3-2-4-6-13)16-14(17-19)12-7-9-18(16)10-8-12/h2-6,12,15-16H,7-10H2,1H3/p+1/t15-,16-/m1/s1. The fourth-order valence-electron chi connectivity index (χ4n) is 4.17. The zero-order valence-electron chi connectivity index (χ0n) is 11.7. The average Bonchev–Trinajstić information content (AvgIpc) is 2.92. The van der Waals surface area contributed by atoms with Gasteiger partial charge in [-0.15, -0.1) is 0 Å². The molecule has 4 aliphatic heterocycles. The molecule has 4 heterocycles. The van der Waals surface area contributed by atoms with Gasteiger partial charge in [-0.05, 0) is 5.56 Å². The molecule has 1 aromatic rings. The summed E-state index contributed by atoms with van der Waals surface area (Å²) in [7, 11) is 0. The Morgan fingerprint density at radius 3 is 2.60 bits per heavy atom. The molecule has 0 spiro atoms. The van der Waals surface area contributed by atoms with E-state index in [1.165, 1.54) is 37.2 Å². The first-order valence-electron chi connectivity index (χ1n) is 7.53. The molecular formula is C16H20N3O+. The van der Waals surface area contributed by atoms with Crippen molar-refractivity contribution in [3.05, 3.63) is 35.9 Å². The summed E-state index contributed by atoms with van der Waals surface area (Å²) in [5.41, 5.74) is 2.49. The lowest BCUT2D eigenvalue weighted by molar-refractivity contribution is -0.927. The predicted octanol–water partition coefficient (Wildman–Crippen LogP) is 0.623. The van der Waals surface area contributed by atoms with Crippen molar-refractivity contribution in [2.24, 2.45) is 11.0 Å². The second-order valence-corrected chi connectivity index (χ2v) is 6.15. The van der Waals surface area contributed by atoms with Crippen molar-refractivity contribution in [2.45, 2.75) is 31.8 Å². The van der Waals surface area contributed by atoms with E-state index in [0.717, 1.165) is 0 Å². The number of carbonyl (C=O) groups excluding carboxylic acids is 1. The van der Waals surface area contributed by atoms with Crippen LogP contribution in [0.15, 0.2) is 35.4 Å². The van der Waals surface area contributed by atoms with Crippen LogP contribution in [0.4, 0.5) is 0 Å². The van der Waals surface area contributed by atoms with Crippen LogP contribution in [0.3, 0.4) is 0 Å². The van der Waals surface area contributed by atoms with Crippen molar-refractivity contribution in [3.8, 4) is 0 Å². The van der Waals surface area contributed by atoms with Crippen molar-refractivity contribution in [2.75, 3.05) is 13.1 Å².